The van der Waals surface area contributed by atoms with Gasteiger partial charge in [0.15, 0.2) is 0 Å². The van der Waals surface area contributed by atoms with Crippen molar-refractivity contribution in [3.8, 4) is 0 Å². The van der Waals surface area contributed by atoms with E-state index in [-0.39, 0.29) is 21.3 Å². The lowest BCUT2D eigenvalue weighted by molar-refractivity contribution is -0.377. The normalized spacial score (nSPS) is 19.8. The quantitative estimate of drug-likeness (QED) is 0.387. The molecule has 0 atom stereocenters. The Labute approximate surface area is 83.9 Å². The monoisotopic (exact) mass is 220 g/mol. The predicted octanol–water partition coefficient (Wildman–Crippen LogP) is 2.14. The third kappa shape index (κ3) is 1.96. The summed E-state index contributed by atoms with van der Waals surface area (Å²) in [6.45, 7) is 0. The molecule has 0 heterocycles. The van der Waals surface area contributed by atoms with Gasteiger partial charge in [-0.2, -0.15) is 4.90 Å². The van der Waals surface area contributed by atoms with Gasteiger partial charge in [0.05, 0.1) is 21.9 Å². The third-order valence-corrected chi connectivity index (χ3v) is 2.13. The van der Waals surface area contributed by atoms with E-state index in [1.807, 2.05) is 0 Å². The van der Waals surface area contributed by atoms with Crippen LogP contribution in [0.3, 0.4) is 0 Å². The van der Waals surface area contributed by atoms with Crippen molar-refractivity contribution in [1.29, 1.82) is 0 Å². The fraction of sp³-hybridized carbons (Fsp3) is 0. The second kappa shape index (κ2) is 3.72. The summed E-state index contributed by atoms with van der Waals surface area (Å²) in [4.78, 5) is -0.649. The molecule has 0 spiro atoms. The molecule has 0 aliphatic heterocycles. The summed E-state index contributed by atoms with van der Waals surface area (Å²) < 4.78 is 0. The molecule has 0 aromatic rings. The molecule has 0 fully saturated rings. The maximum atomic E-state index is 10.4. The second-order valence-corrected chi connectivity index (χ2v) is 3.03. The molecule has 6 heteroatoms. The number of nitrogens with zero attached hydrogens (tertiary/aromatic N) is 1. The fourth-order valence-corrected chi connectivity index (χ4v) is 1.14. The molecule has 1 rings (SSSR count). The summed E-state index contributed by atoms with van der Waals surface area (Å²) >= 11 is 11.1. The number of hydrogen-bond donors (Lipinski definition) is 1. The van der Waals surface area contributed by atoms with E-state index >= 15 is 0 Å². The molecule has 0 radical (unpaired) electrons. The number of aliphatic hydroxyl groups is 1. The van der Waals surface area contributed by atoms with Crippen molar-refractivity contribution in [3.05, 3.63) is 44.5 Å². The van der Waals surface area contributed by atoms with Gasteiger partial charge in [0.25, 0.3) is 0 Å². The van der Waals surface area contributed by atoms with Crippen LogP contribution in [0.25, 0.3) is 0 Å². The van der Waals surface area contributed by atoms with Crippen LogP contribution in [0.4, 0.5) is 0 Å². The molecule has 4 nitrogen and oxygen atoms in total. The first kappa shape index (κ1) is 9.95. The van der Waals surface area contributed by atoms with Crippen molar-refractivity contribution in [3.63, 3.8) is 0 Å². The van der Waals surface area contributed by atoms with E-state index in [9.17, 15) is 10.4 Å². The molecule has 0 saturated carbocycles. The molecule has 0 saturated heterocycles. The lowest BCUT2D eigenvalue weighted by Crippen LogP contribution is -2.13. The van der Waals surface area contributed by atoms with Gasteiger partial charge >= 0.3 is 0 Å². The minimum absolute atomic E-state index is 0.0272. The average Bonchev–Trinajstić information content (AvgIpc) is 2.08. The van der Waals surface area contributed by atoms with Crippen molar-refractivity contribution in [1.82, 2.24) is 0 Å². The molecular weight excluding hydrogens is 217 g/mol. The van der Waals surface area contributed by atoms with Crippen LogP contribution in [-0.4, -0.2) is 15.7 Å². The molecule has 1 N–H and O–H groups in total. The second-order valence-electron chi connectivity index (χ2n) is 2.21. The molecule has 0 amide bonds. The predicted molar refractivity (Wildman–Crippen MR) is 50.6 cm³/mol. The van der Waals surface area contributed by atoms with Gasteiger partial charge < -0.3 is 15.5 Å². The lowest BCUT2D eigenvalue weighted by atomic mass is 10.1. The SMILES string of the molecule is [O-][N+]([O-])=C1C=C(Cl)C(Cl)=CC1=CO. The molecule has 13 heavy (non-hydrogen) atoms. The van der Waals surface area contributed by atoms with Crippen molar-refractivity contribution in [2.75, 3.05) is 0 Å². The first-order chi connectivity index (χ1) is 6.06. The Morgan fingerprint density at radius 2 is 1.77 bits per heavy atom. The number of halogens is 2. The van der Waals surface area contributed by atoms with E-state index in [1.165, 1.54) is 6.08 Å². The van der Waals surface area contributed by atoms with E-state index in [0.29, 0.717) is 6.26 Å². The van der Waals surface area contributed by atoms with E-state index in [0.717, 1.165) is 6.08 Å². The van der Waals surface area contributed by atoms with Gasteiger partial charge in [0, 0.05) is 6.08 Å². The zero-order valence-corrected chi connectivity index (χ0v) is 7.71. The van der Waals surface area contributed by atoms with Crippen molar-refractivity contribution in [2.45, 2.75) is 0 Å². The van der Waals surface area contributed by atoms with Gasteiger partial charge in [-0.1, -0.05) is 23.2 Å². The van der Waals surface area contributed by atoms with Crippen LogP contribution in [0.5, 0.6) is 0 Å². The number of hydrogen-bond acceptors (Lipinski definition) is 3. The summed E-state index contributed by atoms with van der Waals surface area (Å²) in [5.41, 5.74) is -0.253. The summed E-state index contributed by atoms with van der Waals surface area (Å²) in [7, 11) is 0. The molecule has 70 valence electrons. The molecule has 1 aliphatic carbocycles. The molecular formula is C7H4Cl2NO3-. The zero-order valence-electron chi connectivity index (χ0n) is 6.20. The van der Waals surface area contributed by atoms with Gasteiger partial charge in [0.2, 0.25) is 5.71 Å². The minimum Gasteiger partial charge on any atom is -0.612 e. The largest absolute Gasteiger partial charge is 0.612 e. The summed E-state index contributed by atoms with van der Waals surface area (Å²) in [5, 5.41) is 29.7. The number of aliphatic hydroxyl groups excluding tert-OH is 1. The Balaban J connectivity index is 3.25. The molecule has 0 bridgehead atoms. The van der Waals surface area contributed by atoms with Crippen molar-refractivity contribution < 1.29 is 10.0 Å². The third-order valence-electron chi connectivity index (χ3n) is 1.41. The Kier molecular flexibility index (Phi) is 2.85. The van der Waals surface area contributed by atoms with Crippen LogP contribution in [0, 0.1) is 10.4 Å². The first-order valence-electron chi connectivity index (χ1n) is 3.17. The molecule has 1 aliphatic rings. The maximum Gasteiger partial charge on any atom is 0.234 e. The summed E-state index contributed by atoms with van der Waals surface area (Å²) in [6, 6.07) is 0. The topological polar surface area (TPSA) is 69.4 Å². The zero-order chi connectivity index (χ0) is 10.0. The highest BCUT2D eigenvalue weighted by Gasteiger charge is 2.18. The maximum absolute atomic E-state index is 10.4. The molecule has 0 unspecified atom stereocenters. The van der Waals surface area contributed by atoms with Crippen LogP contribution in [0.15, 0.2) is 34.1 Å². The van der Waals surface area contributed by atoms with Crippen molar-refractivity contribution in [2.24, 2.45) is 0 Å². The van der Waals surface area contributed by atoms with E-state index < -0.39 is 4.90 Å². The van der Waals surface area contributed by atoms with E-state index in [2.05, 4.69) is 0 Å². The molecule has 0 aromatic heterocycles. The Morgan fingerprint density at radius 3 is 2.23 bits per heavy atom. The average molecular weight is 221 g/mol. The fourth-order valence-electron chi connectivity index (χ4n) is 0.813. The van der Waals surface area contributed by atoms with Crippen LogP contribution in [0.1, 0.15) is 0 Å². The van der Waals surface area contributed by atoms with E-state index in [4.69, 9.17) is 28.3 Å². The Morgan fingerprint density at radius 1 is 1.23 bits per heavy atom. The first-order valence-corrected chi connectivity index (χ1v) is 3.92. The summed E-state index contributed by atoms with van der Waals surface area (Å²) in [5.74, 6) is 0. The Bertz CT molecular complexity index is 351. The van der Waals surface area contributed by atoms with Gasteiger partial charge in [-0.25, -0.2) is 0 Å². The van der Waals surface area contributed by atoms with Gasteiger partial charge in [0.1, 0.15) is 0 Å². The lowest BCUT2D eigenvalue weighted by Gasteiger charge is -2.12. The smallest absolute Gasteiger partial charge is 0.234 e. The van der Waals surface area contributed by atoms with Crippen LogP contribution in [-0.2, 0) is 0 Å². The number of rotatable bonds is 0. The van der Waals surface area contributed by atoms with Crippen LogP contribution in [0.2, 0.25) is 0 Å². The van der Waals surface area contributed by atoms with Gasteiger partial charge in [-0.3, -0.25) is 0 Å². The van der Waals surface area contributed by atoms with Gasteiger partial charge in [-0.05, 0) is 6.08 Å². The van der Waals surface area contributed by atoms with Crippen molar-refractivity contribution >= 4 is 28.9 Å². The minimum atomic E-state index is -0.649. The number of allylic oxidation sites excluding steroid dienone is 5. The highest BCUT2D eigenvalue weighted by Crippen LogP contribution is 2.26. The van der Waals surface area contributed by atoms with E-state index in [1.54, 1.807) is 0 Å². The summed E-state index contributed by atoms with van der Waals surface area (Å²) in [6.07, 6.45) is 2.92. The van der Waals surface area contributed by atoms with Crippen LogP contribution < -0.4 is 0 Å². The standard InChI is InChI=1S/C7H4Cl2NO3/c8-5-1-4(3-11)7(10(12)13)2-6(5)9/h1-3H,(H-,11,12,13)/q-1. The van der Waals surface area contributed by atoms with Crippen LogP contribution >= 0.6 is 23.2 Å². The molecule has 0 aromatic carbocycles. The highest BCUT2D eigenvalue weighted by atomic mass is 35.5. The highest BCUT2D eigenvalue weighted by molar-refractivity contribution is 6.46. The Hall–Kier alpha value is -1.13. The van der Waals surface area contributed by atoms with Gasteiger partial charge in [-0.15, -0.1) is 0 Å².